The minimum Gasteiger partial charge on any atom is -0.475 e. The molecule has 7 nitrogen and oxygen atoms in total. The molecule has 1 amide bonds. The first kappa shape index (κ1) is 11.7. The highest BCUT2D eigenvalue weighted by molar-refractivity contribution is 6.03. The molecule has 0 atom stereocenters. The van der Waals surface area contributed by atoms with Crippen molar-refractivity contribution in [3.05, 3.63) is 41.7 Å². The van der Waals surface area contributed by atoms with Crippen molar-refractivity contribution in [3.63, 3.8) is 0 Å². The highest BCUT2D eigenvalue weighted by Gasteiger charge is 2.16. The summed E-state index contributed by atoms with van der Waals surface area (Å²) in [6, 6.07) is 3.35. The Balaban J connectivity index is 2.11. The van der Waals surface area contributed by atoms with Crippen molar-refractivity contribution in [2.24, 2.45) is 0 Å². The van der Waals surface area contributed by atoms with E-state index >= 15 is 0 Å². The first-order valence-corrected chi connectivity index (χ1v) is 4.69. The lowest BCUT2D eigenvalue weighted by atomic mass is 10.3. The molecule has 2 rings (SSSR count). The molecule has 0 fully saturated rings. The number of amides is 1. The molecule has 92 valence electrons. The number of carbonyl (C=O) groups excluding carboxylic acids is 1. The molecule has 2 aromatic heterocycles. The van der Waals surface area contributed by atoms with Crippen LogP contribution in [0.2, 0.25) is 0 Å². The van der Waals surface area contributed by atoms with Gasteiger partial charge in [0.05, 0.1) is 6.20 Å². The first-order valence-electron chi connectivity index (χ1n) is 4.69. The lowest BCUT2D eigenvalue weighted by Gasteiger charge is -2.00. The summed E-state index contributed by atoms with van der Waals surface area (Å²) in [6.07, 6.45) is 0.932. The van der Waals surface area contributed by atoms with Gasteiger partial charge in [0.15, 0.2) is 5.69 Å². The molecule has 0 saturated heterocycles. The van der Waals surface area contributed by atoms with Crippen molar-refractivity contribution in [3.8, 4) is 0 Å². The molecule has 0 saturated carbocycles. The number of nitrogens with zero attached hydrogens (tertiary/aromatic N) is 2. The molecule has 8 heteroatoms. The predicted octanol–water partition coefficient (Wildman–Crippen LogP) is 1.16. The molecule has 0 radical (unpaired) electrons. The van der Waals surface area contributed by atoms with Crippen LogP contribution in [-0.2, 0) is 0 Å². The molecule has 2 aromatic rings. The van der Waals surface area contributed by atoms with Gasteiger partial charge in [-0.05, 0) is 12.1 Å². The van der Waals surface area contributed by atoms with E-state index in [0.717, 1.165) is 18.3 Å². The van der Waals surface area contributed by atoms with Crippen molar-refractivity contribution < 1.29 is 23.6 Å². The fourth-order valence-corrected chi connectivity index (χ4v) is 1.11. The van der Waals surface area contributed by atoms with Gasteiger partial charge in [0.1, 0.15) is 11.6 Å². The molecular weight excluding hydrogens is 245 g/mol. The summed E-state index contributed by atoms with van der Waals surface area (Å²) in [5, 5.41) is 14.2. The van der Waals surface area contributed by atoms with Crippen LogP contribution in [0.4, 0.5) is 10.2 Å². The second-order valence-corrected chi connectivity index (χ2v) is 3.20. The number of halogens is 1. The van der Waals surface area contributed by atoms with Gasteiger partial charge in [0, 0.05) is 6.07 Å². The van der Waals surface area contributed by atoms with Crippen LogP contribution >= 0.6 is 0 Å². The van der Waals surface area contributed by atoms with E-state index in [1.54, 1.807) is 0 Å². The number of aromatic carboxylic acids is 1. The Morgan fingerprint density at radius 3 is 2.72 bits per heavy atom. The van der Waals surface area contributed by atoms with E-state index in [9.17, 15) is 14.0 Å². The van der Waals surface area contributed by atoms with Crippen LogP contribution < -0.4 is 5.32 Å². The van der Waals surface area contributed by atoms with Gasteiger partial charge in [-0.1, -0.05) is 5.16 Å². The van der Waals surface area contributed by atoms with E-state index in [1.165, 1.54) is 6.07 Å². The smallest absolute Gasteiger partial charge is 0.374 e. The Hall–Kier alpha value is -2.77. The maximum atomic E-state index is 12.6. The van der Waals surface area contributed by atoms with Crippen LogP contribution in [0, 0.1) is 5.82 Å². The van der Waals surface area contributed by atoms with Gasteiger partial charge in [-0.25, -0.2) is 14.2 Å². The number of aromatic nitrogens is 2. The number of carboxylic acids is 1. The Kier molecular flexibility index (Phi) is 3.00. The number of carboxylic acid groups (broad SMARTS) is 1. The predicted molar refractivity (Wildman–Crippen MR) is 55.6 cm³/mol. The number of carbonyl (C=O) groups is 2. The highest BCUT2D eigenvalue weighted by Crippen LogP contribution is 2.08. The zero-order valence-electron chi connectivity index (χ0n) is 8.75. The summed E-state index contributed by atoms with van der Waals surface area (Å²) in [4.78, 5) is 25.7. The Labute approximate surface area is 99.2 Å². The second-order valence-electron chi connectivity index (χ2n) is 3.20. The van der Waals surface area contributed by atoms with Crippen LogP contribution in [0.25, 0.3) is 0 Å². The van der Waals surface area contributed by atoms with E-state index in [0.29, 0.717) is 0 Å². The zero-order valence-corrected chi connectivity index (χ0v) is 8.75. The van der Waals surface area contributed by atoms with Crippen molar-refractivity contribution >= 4 is 17.7 Å². The van der Waals surface area contributed by atoms with Crippen molar-refractivity contribution in [2.75, 3.05) is 5.32 Å². The standard InChI is InChI=1S/C10H6FN3O4/c11-5-1-2-8(12-4-5)13-9(15)6-3-7(10(16)17)18-14-6/h1-4H,(H,16,17)(H,12,13,15). The number of anilines is 1. The molecule has 0 unspecified atom stereocenters. The van der Waals surface area contributed by atoms with Gasteiger partial charge >= 0.3 is 5.97 Å². The largest absolute Gasteiger partial charge is 0.475 e. The molecule has 0 aliphatic carbocycles. The van der Waals surface area contributed by atoms with Crippen LogP contribution in [0.15, 0.2) is 28.9 Å². The second kappa shape index (κ2) is 4.62. The van der Waals surface area contributed by atoms with Gasteiger partial charge in [-0.15, -0.1) is 0 Å². The minimum atomic E-state index is -1.33. The van der Waals surface area contributed by atoms with E-state index in [1.807, 2.05) is 0 Å². The Bertz CT molecular complexity index is 593. The summed E-state index contributed by atoms with van der Waals surface area (Å²) in [5.74, 6) is -2.91. The molecule has 2 N–H and O–H groups in total. The zero-order chi connectivity index (χ0) is 13.1. The van der Waals surface area contributed by atoms with Gasteiger partial charge in [0.2, 0.25) is 5.76 Å². The maximum Gasteiger partial charge on any atom is 0.374 e. The Morgan fingerprint density at radius 1 is 1.39 bits per heavy atom. The topological polar surface area (TPSA) is 105 Å². The quantitative estimate of drug-likeness (QED) is 0.847. The lowest BCUT2D eigenvalue weighted by molar-refractivity contribution is 0.0651. The minimum absolute atomic E-state index is 0.112. The summed E-state index contributed by atoms with van der Waals surface area (Å²) in [6.45, 7) is 0. The van der Waals surface area contributed by atoms with Crippen LogP contribution in [0.1, 0.15) is 21.0 Å². The first-order chi connectivity index (χ1) is 8.56. The average Bonchev–Trinajstić information content (AvgIpc) is 2.81. The molecule has 0 aromatic carbocycles. The van der Waals surface area contributed by atoms with Crippen LogP contribution in [0.5, 0.6) is 0 Å². The number of hydrogen-bond acceptors (Lipinski definition) is 5. The lowest BCUT2D eigenvalue weighted by Crippen LogP contribution is -2.13. The van der Waals surface area contributed by atoms with Crippen molar-refractivity contribution in [1.29, 1.82) is 0 Å². The molecule has 0 bridgehead atoms. The number of pyridine rings is 1. The summed E-state index contributed by atoms with van der Waals surface area (Å²) < 4.78 is 17.0. The Morgan fingerprint density at radius 2 is 2.17 bits per heavy atom. The normalized spacial score (nSPS) is 10.1. The SMILES string of the molecule is O=C(Nc1ccc(F)cn1)c1cc(C(=O)O)on1. The van der Waals surface area contributed by atoms with Gasteiger partial charge in [-0.2, -0.15) is 0 Å². The third-order valence-corrected chi connectivity index (χ3v) is 1.92. The van der Waals surface area contributed by atoms with Crippen molar-refractivity contribution in [1.82, 2.24) is 10.1 Å². The monoisotopic (exact) mass is 251 g/mol. The maximum absolute atomic E-state index is 12.6. The van der Waals surface area contributed by atoms with E-state index in [-0.39, 0.29) is 11.5 Å². The number of hydrogen-bond donors (Lipinski definition) is 2. The number of nitrogens with one attached hydrogen (secondary N) is 1. The molecule has 0 aliphatic rings. The van der Waals surface area contributed by atoms with Gasteiger partial charge in [0.25, 0.3) is 5.91 Å². The van der Waals surface area contributed by atoms with Crippen LogP contribution in [-0.4, -0.2) is 27.1 Å². The molecule has 0 aliphatic heterocycles. The highest BCUT2D eigenvalue weighted by atomic mass is 19.1. The average molecular weight is 251 g/mol. The summed E-state index contributed by atoms with van der Waals surface area (Å²) in [5.41, 5.74) is -0.210. The van der Waals surface area contributed by atoms with Gasteiger partial charge in [-0.3, -0.25) is 4.79 Å². The molecule has 18 heavy (non-hydrogen) atoms. The van der Waals surface area contributed by atoms with E-state index in [4.69, 9.17) is 5.11 Å². The fraction of sp³-hybridized carbons (Fsp3) is 0. The fourth-order valence-electron chi connectivity index (χ4n) is 1.11. The molecule has 0 spiro atoms. The molecule has 2 heterocycles. The van der Waals surface area contributed by atoms with E-state index < -0.39 is 23.5 Å². The third-order valence-electron chi connectivity index (χ3n) is 1.92. The van der Waals surface area contributed by atoms with Gasteiger partial charge < -0.3 is 14.9 Å². The summed E-state index contributed by atoms with van der Waals surface area (Å²) in [7, 11) is 0. The van der Waals surface area contributed by atoms with Crippen molar-refractivity contribution in [2.45, 2.75) is 0 Å². The van der Waals surface area contributed by atoms with Crippen LogP contribution in [0.3, 0.4) is 0 Å². The number of rotatable bonds is 3. The third kappa shape index (κ3) is 2.48. The molecular formula is C10H6FN3O4. The summed E-state index contributed by atoms with van der Waals surface area (Å²) >= 11 is 0. The van der Waals surface area contributed by atoms with E-state index in [2.05, 4.69) is 20.0 Å².